The largest absolute Gasteiger partial charge is 0.364 e. The van der Waals surface area contributed by atoms with E-state index in [0.717, 1.165) is 25.7 Å². The molecule has 11 nitrogen and oxygen atoms in total. The first-order chi connectivity index (χ1) is 14.1. The molecule has 0 unspecified atom stereocenters. The number of anilines is 2. The van der Waals surface area contributed by atoms with Gasteiger partial charge in [0.1, 0.15) is 0 Å². The van der Waals surface area contributed by atoms with E-state index in [2.05, 4.69) is 40.8 Å². The molecule has 0 radical (unpaired) electrons. The minimum atomic E-state index is -0.496. The number of nitro groups is 1. The molecule has 12 heteroatoms. The fourth-order valence-electron chi connectivity index (χ4n) is 3.16. The maximum absolute atomic E-state index is 10.9. The molecule has 3 aromatic rings. The van der Waals surface area contributed by atoms with Crippen molar-refractivity contribution in [2.45, 2.75) is 38.1 Å². The lowest BCUT2D eigenvalue weighted by Gasteiger charge is -2.23. The standard InChI is InChI=1S/C17H17ClN8O3/c18-13-7-6-12(26(27)28)8-10(13)9-19-23-15-14(20-11-4-2-1-3-5-11)21-16-17(22-15)25-29-24-16/h6-9,11H,1-5H2,(H,20,21,24)(H,22,23,25). The first kappa shape index (κ1) is 19.0. The van der Waals surface area contributed by atoms with Gasteiger partial charge in [0.25, 0.3) is 5.69 Å². The number of fused-ring (bicyclic) bond motifs is 1. The Labute approximate surface area is 169 Å². The molecule has 0 atom stereocenters. The predicted molar refractivity (Wildman–Crippen MR) is 107 cm³/mol. The molecule has 2 heterocycles. The van der Waals surface area contributed by atoms with Gasteiger partial charge in [0, 0.05) is 28.8 Å². The molecule has 150 valence electrons. The molecule has 1 aliphatic rings. The normalized spacial score (nSPS) is 15.1. The minimum Gasteiger partial charge on any atom is -0.364 e. The van der Waals surface area contributed by atoms with E-state index in [-0.39, 0.29) is 17.4 Å². The zero-order chi connectivity index (χ0) is 20.2. The van der Waals surface area contributed by atoms with E-state index in [1.165, 1.54) is 30.8 Å². The number of benzene rings is 1. The van der Waals surface area contributed by atoms with Gasteiger partial charge in [-0.1, -0.05) is 30.9 Å². The van der Waals surface area contributed by atoms with E-state index in [4.69, 9.17) is 11.6 Å². The molecule has 4 rings (SSSR count). The SMILES string of the molecule is O=[N+]([O-])c1ccc(Cl)c(C=NNc2nc3nonc3nc2NC2CCCCC2)c1. The molecule has 1 saturated carbocycles. The average molecular weight is 417 g/mol. The van der Waals surface area contributed by atoms with Crippen molar-refractivity contribution in [2.24, 2.45) is 5.10 Å². The summed E-state index contributed by atoms with van der Waals surface area (Å²) in [5.74, 6) is 0.832. The molecule has 1 fully saturated rings. The molecule has 1 aromatic carbocycles. The number of nitrogens with zero attached hydrogens (tertiary/aromatic N) is 6. The lowest BCUT2D eigenvalue weighted by molar-refractivity contribution is -0.384. The van der Waals surface area contributed by atoms with Crippen molar-refractivity contribution < 1.29 is 9.55 Å². The van der Waals surface area contributed by atoms with Gasteiger partial charge >= 0.3 is 0 Å². The van der Waals surface area contributed by atoms with Crippen LogP contribution in [-0.2, 0) is 0 Å². The third-order valence-electron chi connectivity index (χ3n) is 4.62. The first-order valence-electron chi connectivity index (χ1n) is 9.10. The van der Waals surface area contributed by atoms with Crippen molar-refractivity contribution in [1.29, 1.82) is 0 Å². The molecule has 0 amide bonds. The number of nitro benzene ring substituents is 1. The fourth-order valence-corrected chi connectivity index (χ4v) is 3.33. The van der Waals surface area contributed by atoms with Crippen molar-refractivity contribution in [2.75, 3.05) is 10.7 Å². The number of nitrogens with one attached hydrogen (secondary N) is 2. The highest BCUT2D eigenvalue weighted by Gasteiger charge is 2.18. The average Bonchev–Trinajstić information content (AvgIpc) is 3.17. The molecular formula is C17H17ClN8O3. The number of halogens is 1. The minimum absolute atomic E-state index is 0.0783. The summed E-state index contributed by atoms with van der Waals surface area (Å²) >= 11 is 6.09. The van der Waals surface area contributed by atoms with Gasteiger partial charge in [-0.2, -0.15) is 10.1 Å². The van der Waals surface area contributed by atoms with Crippen LogP contribution in [0.5, 0.6) is 0 Å². The molecule has 1 aliphatic carbocycles. The highest BCUT2D eigenvalue weighted by molar-refractivity contribution is 6.33. The van der Waals surface area contributed by atoms with Gasteiger partial charge in [-0.05, 0) is 29.2 Å². The van der Waals surface area contributed by atoms with Crippen LogP contribution < -0.4 is 10.7 Å². The smallest absolute Gasteiger partial charge is 0.270 e. The number of rotatable bonds is 6. The summed E-state index contributed by atoms with van der Waals surface area (Å²) < 4.78 is 4.69. The second kappa shape index (κ2) is 8.35. The molecule has 0 saturated heterocycles. The Morgan fingerprint density at radius 2 is 1.90 bits per heavy atom. The van der Waals surface area contributed by atoms with Crippen LogP contribution >= 0.6 is 11.6 Å². The lowest BCUT2D eigenvalue weighted by Crippen LogP contribution is -2.23. The second-order valence-corrected chi connectivity index (χ2v) is 7.05. The molecular weight excluding hydrogens is 400 g/mol. The molecule has 0 spiro atoms. The third kappa shape index (κ3) is 4.40. The van der Waals surface area contributed by atoms with Gasteiger partial charge in [0.2, 0.25) is 11.3 Å². The van der Waals surface area contributed by atoms with Gasteiger partial charge in [0.05, 0.1) is 11.1 Å². The summed E-state index contributed by atoms with van der Waals surface area (Å²) in [5.41, 5.74) is 3.65. The Morgan fingerprint density at radius 3 is 2.62 bits per heavy atom. The summed E-state index contributed by atoms with van der Waals surface area (Å²) in [7, 11) is 0. The zero-order valence-electron chi connectivity index (χ0n) is 15.2. The Kier molecular flexibility index (Phi) is 5.47. The molecule has 0 bridgehead atoms. The maximum atomic E-state index is 10.9. The molecule has 2 N–H and O–H groups in total. The summed E-state index contributed by atoms with van der Waals surface area (Å²) in [6.45, 7) is 0. The Morgan fingerprint density at radius 1 is 1.17 bits per heavy atom. The van der Waals surface area contributed by atoms with Crippen molar-refractivity contribution in [3.8, 4) is 0 Å². The van der Waals surface area contributed by atoms with Crippen LogP contribution in [0.25, 0.3) is 11.3 Å². The number of aromatic nitrogens is 4. The number of non-ortho nitro benzene ring substituents is 1. The van der Waals surface area contributed by atoms with Crippen LogP contribution in [0.1, 0.15) is 37.7 Å². The molecule has 2 aromatic heterocycles. The van der Waals surface area contributed by atoms with Gasteiger partial charge < -0.3 is 5.32 Å². The summed E-state index contributed by atoms with van der Waals surface area (Å²) in [4.78, 5) is 19.2. The van der Waals surface area contributed by atoms with E-state index in [9.17, 15) is 10.1 Å². The van der Waals surface area contributed by atoms with Gasteiger partial charge in [-0.3, -0.25) is 15.5 Å². The quantitative estimate of drug-likeness (QED) is 0.348. The van der Waals surface area contributed by atoms with Crippen molar-refractivity contribution in [3.05, 3.63) is 38.9 Å². The second-order valence-electron chi connectivity index (χ2n) is 6.64. The van der Waals surface area contributed by atoms with E-state index in [1.54, 1.807) is 0 Å². The van der Waals surface area contributed by atoms with E-state index in [1.807, 2.05) is 0 Å². The van der Waals surface area contributed by atoms with E-state index < -0.39 is 4.92 Å². The summed E-state index contributed by atoms with van der Waals surface area (Å²) in [5, 5.41) is 26.2. The van der Waals surface area contributed by atoms with Crippen molar-refractivity contribution >= 4 is 46.4 Å². The first-order valence-corrected chi connectivity index (χ1v) is 9.48. The maximum Gasteiger partial charge on any atom is 0.270 e. The highest BCUT2D eigenvalue weighted by atomic mass is 35.5. The monoisotopic (exact) mass is 416 g/mol. The Hall–Kier alpha value is -3.34. The lowest BCUT2D eigenvalue weighted by atomic mass is 9.95. The Bertz CT molecular complexity index is 1060. The molecule has 0 aliphatic heterocycles. The number of hydrogen-bond acceptors (Lipinski definition) is 10. The predicted octanol–water partition coefficient (Wildman–Crippen LogP) is 3.77. The number of hydrazone groups is 1. The van der Waals surface area contributed by atoms with Gasteiger partial charge in [-0.15, -0.1) is 0 Å². The highest BCUT2D eigenvalue weighted by Crippen LogP contribution is 2.26. The van der Waals surface area contributed by atoms with Crippen molar-refractivity contribution in [3.63, 3.8) is 0 Å². The van der Waals surface area contributed by atoms with Crippen LogP contribution in [0.2, 0.25) is 5.02 Å². The third-order valence-corrected chi connectivity index (χ3v) is 4.97. The van der Waals surface area contributed by atoms with Gasteiger partial charge in [0.15, 0.2) is 11.6 Å². The van der Waals surface area contributed by atoms with Crippen molar-refractivity contribution in [1.82, 2.24) is 20.3 Å². The van der Waals surface area contributed by atoms with Crippen LogP contribution in [0.3, 0.4) is 0 Å². The Balaban J connectivity index is 1.58. The van der Waals surface area contributed by atoms with Crippen LogP contribution in [0.15, 0.2) is 27.9 Å². The zero-order valence-corrected chi connectivity index (χ0v) is 16.0. The summed E-state index contributed by atoms with van der Waals surface area (Å²) in [6.07, 6.45) is 7.02. The number of hydrogen-bond donors (Lipinski definition) is 2. The van der Waals surface area contributed by atoms with Crippen LogP contribution in [0.4, 0.5) is 17.3 Å². The van der Waals surface area contributed by atoms with E-state index >= 15 is 0 Å². The molecule has 29 heavy (non-hydrogen) atoms. The van der Waals surface area contributed by atoms with Gasteiger partial charge in [-0.25, -0.2) is 9.61 Å². The topological polar surface area (TPSA) is 144 Å². The summed E-state index contributed by atoms with van der Waals surface area (Å²) in [6, 6.07) is 4.40. The van der Waals surface area contributed by atoms with E-state index in [0.29, 0.717) is 27.9 Å². The fraction of sp³-hybridized carbons (Fsp3) is 0.353. The van der Waals surface area contributed by atoms with Crippen LogP contribution in [0, 0.1) is 10.1 Å². The van der Waals surface area contributed by atoms with Crippen LogP contribution in [-0.4, -0.2) is 37.5 Å².